The predicted octanol–water partition coefficient (Wildman–Crippen LogP) is 0.907. The molecule has 0 saturated carbocycles. The van der Waals surface area contributed by atoms with Gasteiger partial charge in [0, 0.05) is 31.2 Å². The van der Waals surface area contributed by atoms with Gasteiger partial charge in [-0.1, -0.05) is 0 Å². The van der Waals surface area contributed by atoms with Crippen molar-refractivity contribution in [3.8, 4) is 0 Å². The highest BCUT2D eigenvalue weighted by molar-refractivity contribution is 5.00. The van der Waals surface area contributed by atoms with Gasteiger partial charge >= 0.3 is 0 Å². The third-order valence-corrected chi connectivity index (χ3v) is 4.86. The lowest BCUT2D eigenvalue weighted by Crippen LogP contribution is -2.48. The van der Waals surface area contributed by atoms with E-state index in [4.69, 9.17) is 0 Å². The Morgan fingerprint density at radius 3 is 2.75 bits per heavy atom. The summed E-state index contributed by atoms with van der Waals surface area (Å²) in [5.41, 5.74) is 0. The summed E-state index contributed by atoms with van der Waals surface area (Å²) in [7, 11) is 2.09. The lowest BCUT2D eigenvalue weighted by molar-refractivity contribution is 0.145. The number of fused-ring (bicyclic) bond motifs is 1. The highest BCUT2D eigenvalue weighted by Gasteiger charge is 2.42. The molecule has 3 atom stereocenters. The van der Waals surface area contributed by atoms with E-state index in [0.29, 0.717) is 0 Å². The molecular formula is C13H25N3. The van der Waals surface area contributed by atoms with Crippen LogP contribution >= 0.6 is 0 Å². The Balaban J connectivity index is 1.67. The van der Waals surface area contributed by atoms with Gasteiger partial charge in [0.2, 0.25) is 0 Å². The normalized spacial score (nSPS) is 40.7. The molecule has 1 N–H and O–H groups in total. The van der Waals surface area contributed by atoms with Gasteiger partial charge in [-0.2, -0.15) is 0 Å². The molecular weight excluding hydrogens is 198 g/mol. The van der Waals surface area contributed by atoms with Crippen LogP contribution in [0.15, 0.2) is 0 Å². The second-order valence-electron chi connectivity index (χ2n) is 5.69. The van der Waals surface area contributed by atoms with Crippen molar-refractivity contribution in [1.29, 1.82) is 0 Å². The SMILES string of the molecule is CNCC1CCCN1C1CCN2CCCC12. The molecule has 3 aliphatic heterocycles. The first-order valence-corrected chi connectivity index (χ1v) is 7.04. The van der Waals surface area contributed by atoms with E-state index in [0.717, 1.165) is 18.1 Å². The zero-order valence-corrected chi connectivity index (χ0v) is 10.5. The van der Waals surface area contributed by atoms with Crippen LogP contribution < -0.4 is 5.32 Å². The first-order chi connectivity index (χ1) is 7.90. The summed E-state index contributed by atoms with van der Waals surface area (Å²) in [5.74, 6) is 0. The van der Waals surface area contributed by atoms with Crippen LogP contribution in [0.1, 0.15) is 32.1 Å². The predicted molar refractivity (Wildman–Crippen MR) is 66.7 cm³/mol. The summed E-state index contributed by atoms with van der Waals surface area (Å²) in [6.45, 7) is 5.26. The molecule has 3 unspecified atom stereocenters. The number of hydrogen-bond donors (Lipinski definition) is 1. The first-order valence-electron chi connectivity index (χ1n) is 7.04. The molecule has 92 valence electrons. The molecule has 3 heterocycles. The second-order valence-corrected chi connectivity index (χ2v) is 5.69. The van der Waals surface area contributed by atoms with Gasteiger partial charge < -0.3 is 5.32 Å². The van der Waals surface area contributed by atoms with Crippen molar-refractivity contribution in [1.82, 2.24) is 15.1 Å². The van der Waals surface area contributed by atoms with E-state index >= 15 is 0 Å². The quantitative estimate of drug-likeness (QED) is 0.767. The van der Waals surface area contributed by atoms with Crippen molar-refractivity contribution < 1.29 is 0 Å². The summed E-state index contributed by atoms with van der Waals surface area (Å²) in [6, 6.07) is 2.59. The number of likely N-dealkylation sites (tertiary alicyclic amines) is 1. The van der Waals surface area contributed by atoms with Crippen LogP contribution in [0.5, 0.6) is 0 Å². The Kier molecular flexibility index (Phi) is 3.18. The highest BCUT2D eigenvalue weighted by atomic mass is 15.3. The van der Waals surface area contributed by atoms with Gasteiger partial charge in [0.1, 0.15) is 0 Å². The van der Waals surface area contributed by atoms with Crippen LogP contribution in [-0.2, 0) is 0 Å². The van der Waals surface area contributed by atoms with Crippen molar-refractivity contribution in [2.75, 3.05) is 33.2 Å². The van der Waals surface area contributed by atoms with Gasteiger partial charge in [0.05, 0.1) is 0 Å². The minimum atomic E-state index is 0.815. The number of rotatable bonds is 3. The Morgan fingerprint density at radius 2 is 1.88 bits per heavy atom. The van der Waals surface area contributed by atoms with Crippen molar-refractivity contribution in [2.24, 2.45) is 0 Å². The molecule has 0 spiro atoms. The summed E-state index contributed by atoms with van der Waals surface area (Å²) in [4.78, 5) is 5.56. The third-order valence-electron chi connectivity index (χ3n) is 4.86. The summed E-state index contributed by atoms with van der Waals surface area (Å²) >= 11 is 0. The largest absolute Gasteiger partial charge is 0.318 e. The Labute approximate surface area is 99.2 Å². The molecule has 3 rings (SSSR count). The van der Waals surface area contributed by atoms with Crippen LogP contribution in [0.4, 0.5) is 0 Å². The molecule has 0 aliphatic carbocycles. The molecule has 16 heavy (non-hydrogen) atoms. The van der Waals surface area contributed by atoms with Crippen LogP contribution in [0.2, 0.25) is 0 Å². The Hall–Kier alpha value is -0.120. The van der Waals surface area contributed by atoms with Crippen LogP contribution in [-0.4, -0.2) is 61.2 Å². The van der Waals surface area contributed by atoms with Crippen LogP contribution in [0.3, 0.4) is 0 Å². The van der Waals surface area contributed by atoms with Crippen molar-refractivity contribution in [2.45, 2.75) is 50.2 Å². The minimum absolute atomic E-state index is 0.815. The molecule has 3 nitrogen and oxygen atoms in total. The smallest absolute Gasteiger partial charge is 0.0267 e. The number of nitrogens with zero attached hydrogens (tertiary/aromatic N) is 2. The first kappa shape index (κ1) is 11.0. The Morgan fingerprint density at radius 1 is 1.00 bits per heavy atom. The van der Waals surface area contributed by atoms with E-state index in [1.165, 1.54) is 58.3 Å². The molecule has 0 aromatic rings. The maximum absolute atomic E-state index is 3.37. The number of nitrogens with one attached hydrogen (secondary N) is 1. The van der Waals surface area contributed by atoms with Gasteiger partial charge in [-0.05, 0) is 52.2 Å². The van der Waals surface area contributed by atoms with E-state index in [9.17, 15) is 0 Å². The molecule has 3 aliphatic rings. The zero-order valence-electron chi connectivity index (χ0n) is 10.5. The van der Waals surface area contributed by atoms with E-state index in [-0.39, 0.29) is 0 Å². The fraction of sp³-hybridized carbons (Fsp3) is 1.00. The second kappa shape index (κ2) is 4.63. The van der Waals surface area contributed by atoms with Gasteiger partial charge in [0.25, 0.3) is 0 Å². The van der Waals surface area contributed by atoms with Crippen LogP contribution in [0.25, 0.3) is 0 Å². The molecule has 0 bridgehead atoms. The van der Waals surface area contributed by atoms with Gasteiger partial charge in [0.15, 0.2) is 0 Å². The molecule has 0 aromatic carbocycles. The highest BCUT2D eigenvalue weighted by Crippen LogP contribution is 2.34. The third kappa shape index (κ3) is 1.79. The van der Waals surface area contributed by atoms with Crippen molar-refractivity contribution >= 4 is 0 Å². The Bertz CT molecular complexity index is 243. The van der Waals surface area contributed by atoms with E-state index in [1.54, 1.807) is 0 Å². The van der Waals surface area contributed by atoms with Crippen molar-refractivity contribution in [3.05, 3.63) is 0 Å². The van der Waals surface area contributed by atoms with E-state index in [2.05, 4.69) is 22.2 Å². The lowest BCUT2D eigenvalue weighted by atomic mass is 10.0. The molecule has 0 radical (unpaired) electrons. The van der Waals surface area contributed by atoms with Gasteiger partial charge in [-0.15, -0.1) is 0 Å². The summed E-state index contributed by atoms with van der Waals surface area (Å²) in [6.07, 6.45) is 7.13. The van der Waals surface area contributed by atoms with Crippen molar-refractivity contribution in [3.63, 3.8) is 0 Å². The van der Waals surface area contributed by atoms with Crippen LogP contribution in [0, 0.1) is 0 Å². The van der Waals surface area contributed by atoms with Gasteiger partial charge in [-0.25, -0.2) is 0 Å². The van der Waals surface area contributed by atoms with Gasteiger partial charge in [-0.3, -0.25) is 9.80 Å². The standard InChI is InChI=1S/C13H25N3/c1-14-10-11-4-2-8-16(11)13-6-9-15-7-3-5-12(13)15/h11-14H,2-10H2,1H3. The molecule has 3 fully saturated rings. The average Bonchev–Trinajstić information content (AvgIpc) is 2.91. The molecule has 0 aromatic heterocycles. The minimum Gasteiger partial charge on any atom is -0.318 e. The van der Waals surface area contributed by atoms with E-state index < -0.39 is 0 Å². The number of likely N-dealkylation sites (N-methyl/N-ethyl adjacent to an activating group) is 1. The molecule has 3 heteroatoms. The van der Waals surface area contributed by atoms with E-state index in [1.807, 2.05) is 0 Å². The summed E-state index contributed by atoms with van der Waals surface area (Å²) in [5, 5.41) is 3.37. The monoisotopic (exact) mass is 223 g/mol. The molecule has 0 amide bonds. The fourth-order valence-corrected chi connectivity index (χ4v) is 4.19. The topological polar surface area (TPSA) is 18.5 Å². The lowest BCUT2D eigenvalue weighted by Gasteiger charge is -2.34. The molecule has 3 saturated heterocycles. The summed E-state index contributed by atoms with van der Waals surface area (Å²) < 4.78 is 0. The maximum Gasteiger partial charge on any atom is 0.0267 e. The zero-order chi connectivity index (χ0) is 11.0. The average molecular weight is 223 g/mol. The maximum atomic E-state index is 3.37. The fourth-order valence-electron chi connectivity index (χ4n) is 4.19. The number of hydrogen-bond acceptors (Lipinski definition) is 3.